The molecule has 0 bridgehead atoms. The highest BCUT2D eigenvalue weighted by Gasteiger charge is 2.55. The van der Waals surface area contributed by atoms with Gasteiger partial charge in [0.1, 0.15) is 11.7 Å². The van der Waals surface area contributed by atoms with Gasteiger partial charge in [0.2, 0.25) is 0 Å². The molecule has 1 fully saturated rings. The van der Waals surface area contributed by atoms with E-state index in [0.29, 0.717) is 24.1 Å². The highest BCUT2D eigenvalue weighted by molar-refractivity contribution is 5.79. The predicted octanol–water partition coefficient (Wildman–Crippen LogP) is 1.74. The monoisotopic (exact) mass is 353 g/mol. The Bertz CT molecular complexity index is 640. The second-order valence-corrected chi connectivity index (χ2v) is 7.70. The Morgan fingerprint density at radius 2 is 1.84 bits per heavy atom. The summed E-state index contributed by atoms with van der Waals surface area (Å²) in [5.74, 6) is -0.500. The van der Waals surface area contributed by atoms with Crippen molar-refractivity contribution in [2.75, 3.05) is 5.73 Å². The Balaban J connectivity index is 2.45. The van der Waals surface area contributed by atoms with Gasteiger partial charge in [-0.3, -0.25) is 9.53 Å². The lowest BCUT2D eigenvalue weighted by molar-refractivity contribution is -0.475. The molecule has 7 heteroatoms. The van der Waals surface area contributed by atoms with E-state index >= 15 is 0 Å². The number of benzene rings is 1. The zero-order valence-corrected chi connectivity index (χ0v) is 15.1. The number of hydrogen-bond donors (Lipinski definition) is 4. The topological polar surface area (TPSA) is 122 Å². The molecule has 2 rings (SSSR count). The summed E-state index contributed by atoms with van der Waals surface area (Å²) >= 11 is 0. The first-order valence-corrected chi connectivity index (χ1v) is 8.28. The number of esters is 1. The van der Waals surface area contributed by atoms with Crippen molar-refractivity contribution in [1.29, 1.82) is 0 Å². The molecule has 0 aliphatic heterocycles. The van der Waals surface area contributed by atoms with Crippen molar-refractivity contribution in [2.45, 2.75) is 64.8 Å². The summed E-state index contributed by atoms with van der Waals surface area (Å²) in [6, 6.07) is 5.04. The maximum Gasteiger partial charge on any atom is 0.405 e. The van der Waals surface area contributed by atoms with Crippen LogP contribution in [-0.2, 0) is 14.3 Å². The van der Waals surface area contributed by atoms with E-state index in [2.05, 4.69) is 0 Å². The van der Waals surface area contributed by atoms with Gasteiger partial charge in [-0.25, -0.2) is 0 Å². The summed E-state index contributed by atoms with van der Waals surface area (Å²) in [7, 11) is 0. The minimum absolute atomic E-state index is 0.441. The zero-order chi connectivity index (χ0) is 19.0. The molecule has 1 aliphatic carbocycles. The molecule has 0 spiro atoms. The van der Waals surface area contributed by atoms with E-state index in [4.69, 9.17) is 15.2 Å². The second-order valence-electron chi connectivity index (χ2n) is 7.70. The first-order chi connectivity index (χ1) is 11.3. The molecule has 7 nitrogen and oxygen atoms in total. The largest absolute Gasteiger partial charge is 0.459 e. The number of nitrogens with two attached hydrogens (primary N) is 1. The Labute approximate surface area is 147 Å². The summed E-state index contributed by atoms with van der Waals surface area (Å²) in [6.45, 7) is 7.10. The minimum Gasteiger partial charge on any atom is -0.459 e. The van der Waals surface area contributed by atoms with Gasteiger partial charge in [0.05, 0.1) is 5.41 Å². The van der Waals surface area contributed by atoms with E-state index in [1.807, 2.05) is 6.92 Å². The predicted molar refractivity (Wildman–Crippen MR) is 90.9 cm³/mol. The molecule has 5 N–H and O–H groups in total. The molecule has 25 heavy (non-hydrogen) atoms. The maximum absolute atomic E-state index is 12.8. The quantitative estimate of drug-likeness (QED) is 0.361. The van der Waals surface area contributed by atoms with Gasteiger partial charge >= 0.3 is 12.1 Å². The van der Waals surface area contributed by atoms with Crippen LogP contribution in [0.4, 0.5) is 5.69 Å². The Kier molecular flexibility index (Phi) is 5.16. The normalized spacial score (nSPS) is 18.4. The fourth-order valence-electron chi connectivity index (χ4n) is 2.99. The summed E-state index contributed by atoms with van der Waals surface area (Å²) < 4.78 is 10.6. The first-order valence-electron chi connectivity index (χ1n) is 8.28. The van der Waals surface area contributed by atoms with E-state index in [1.165, 1.54) is 0 Å². The summed E-state index contributed by atoms with van der Waals surface area (Å²) in [5.41, 5.74) is 5.91. The van der Waals surface area contributed by atoms with Crippen molar-refractivity contribution in [2.24, 2.45) is 5.41 Å². The molecule has 1 atom stereocenters. The molecule has 0 heterocycles. The van der Waals surface area contributed by atoms with Gasteiger partial charge in [-0.15, -0.1) is 0 Å². The lowest BCUT2D eigenvalue weighted by atomic mass is 9.63. The van der Waals surface area contributed by atoms with Crippen molar-refractivity contribution in [3.05, 3.63) is 29.3 Å². The van der Waals surface area contributed by atoms with Crippen LogP contribution in [0.5, 0.6) is 0 Å². The van der Waals surface area contributed by atoms with Gasteiger partial charge in [0.25, 0.3) is 0 Å². The van der Waals surface area contributed by atoms with Crippen molar-refractivity contribution in [3.63, 3.8) is 0 Å². The highest BCUT2D eigenvalue weighted by Crippen LogP contribution is 2.54. The van der Waals surface area contributed by atoms with Crippen LogP contribution in [0.1, 0.15) is 57.3 Å². The number of ether oxygens (including phenoxy) is 2. The third-order valence-electron chi connectivity index (χ3n) is 4.44. The highest BCUT2D eigenvalue weighted by atomic mass is 16.9. The van der Waals surface area contributed by atoms with Crippen molar-refractivity contribution in [3.8, 4) is 0 Å². The molecule has 0 aromatic heterocycles. The number of carbonyl (C=O) groups excluding carboxylic acids is 1. The van der Waals surface area contributed by atoms with Gasteiger partial charge < -0.3 is 25.8 Å². The molecule has 1 saturated carbocycles. The fourth-order valence-corrected chi connectivity index (χ4v) is 2.99. The van der Waals surface area contributed by atoms with E-state index in [0.717, 1.165) is 12.0 Å². The molecule has 1 unspecified atom stereocenters. The average Bonchev–Trinajstić information content (AvgIpc) is 2.36. The van der Waals surface area contributed by atoms with E-state index in [9.17, 15) is 20.1 Å². The number of anilines is 1. The minimum atomic E-state index is -3.38. The SMILES string of the molecule is Cc1ccc(C(OC(O)(O)O)C2(C(=O)OC(C)(C)C)CCC2)cc1N. The Morgan fingerprint density at radius 3 is 2.24 bits per heavy atom. The van der Waals surface area contributed by atoms with Gasteiger partial charge in [-0.05, 0) is 57.7 Å². The van der Waals surface area contributed by atoms with Crippen molar-refractivity contribution in [1.82, 2.24) is 0 Å². The number of rotatable bonds is 5. The van der Waals surface area contributed by atoms with Crippen molar-refractivity contribution >= 4 is 11.7 Å². The van der Waals surface area contributed by atoms with Crippen LogP contribution in [0.25, 0.3) is 0 Å². The van der Waals surface area contributed by atoms with Gasteiger partial charge in [0.15, 0.2) is 0 Å². The Morgan fingerprint density at radius 1 is 1.24 bits per heavy atom. The summed E-state index contributed by atoms with van der Waals surface area (Å²) in [5, 5.41) is 28.1. The molecule has 1 aromatic carbocycles. The number of aryl methyl sites for hydroxylation is 1. The van der Waals surface area contributed by atoms with Gasteiger partial charge in [-0.2, -0.15) is 0 Å². The standard InChI is InChI=1S/C18H27NO6/c1-11-6-7-12(10-13(11)19)14(24-18(21,22)23)17(8-5-9-17)15(20)25-16(2,3)4/h6-7,10,14,21-23H,5,8-9,19H2,1-4H3. The molecule has 0 radical (unpaired) electrons. The third kappa shape index (κ3) is 4.49. The van der Waals surface area contributed by atoms with Crippen LogP contribution in [0, 0.1) is 12.3 Å². The van der Waals surface area contributed by atoms with Crippen LogP contribution in [-0.4, -0.2) is 33.0 Å². The van der Waals surface area contributed by atoms with E-state index in [1.54, 1.807) is 39.0 Å². The lowest BCUT2D eigenvalue weighted by Crippen LogP contribution is -2.50. The Hall–Kier alpha value is -1.67. The number of aliphatic hydroxyl groups is 3. The molecule has 0 saturated heterocycles. The molecule has 0 amide bonds. The van der Waals surface area contributed by atoms with E-state index in [-0.39, 0.29) is 0 Å². The maximum atomic E-state index is 12.8. The van der Waals surface area contributed by atoms with Crippen molar-refractivity contribution < 1.29 is 29.6 Å². The summed E-state index contributed by atoms with van der Waals surface area (Å²) in [4.78, 5) is 12.8. The molecule has 1 aliphatic rings. The van der Waals surface area contributed by atoms with Crippen LogP contribution in [0.3, 0.4) is 0 Å². The third-order valence-corrected chi connectivity index (χ3v) is 4.44. The number of hydrogen-bond acceptors (Lipinski definition) is 7. The van der Waals surface area contributed by atoms with E-state index < -0.39 is 29.2 Å². The number of nitrogen functional groups attached to an aromatic ring is 1. The van der Waals surface area contributed by atoms with Crippen LogP contribution in [0.15, 0.2) is 18.2 Å². The molecular formula is C18H27NO6. The zero-order valence-electron chi connectivity index (χ0n) is 15.1. The summed E-state index contributed by atoms with van der Waals surface area (Å²) in [6.07, 6.45) is -2.85. The molecule has 140 valence electrons. The average molecular weight is 353 g/mol. The van der Waals surface area contributed by atoms with Gasteiger partial charge in [-0.1, -0.05) is 18.6 Å². The van der Waals surface area contributed by atoms with Gasteiger partial charge in [0, 0.05) is 5.69 Å². The number of carbonyl (C=O) groups is 1. The van der Waals surface area contributed by atoms with Crippen LogP contribution < -0.4 is 5.73 Å². The lowest BCUT2D eigenvalue weighted by Gasteiger charge is -2.46. The van der Waals surface area contributed by atoms with Crippen LogP contribution >= 0.6 is 0 Å². The smallest absolute Gasteiger partial charge is 0.405 e. The second kappa shape index (κ2) is 6.57. The molecular weight excluding hydrogens is 326 g/mol. The fraction of sp³-hybridized carbons (Fsp3) is 0.611. The molecule has 1 aromatic rings. The first kappa shape index (κ1) is 19.7. The van der Waals surface area contributed by atoms with Crippen LogP contribution in [0.2, 0.25) is 0 Å².